The Labute approximate surface area is 119 Å². The van der Waals surface area contributed by atoms with Gasteiger partial charge in [-0.1, -0.05) is 42.0 Å². The molecule has 1 aliphatic carbocycles. The summed E-state index contributed by atoms with van der Waals surface area (Å²) in [7, 11) is 0. The van der Waals surface area contributed by atoms with Crippen molar-refractivity contribution in [1.82, 2.24) is 0 Å². The zero-order valence-corrected chi connectivity index (χ0v) is 12.9. The van der Waals surface area contributed by atoms with Gasteiger partial charge in [-0.05, 0) is 57.9 Å². The molecule has 0 saturated carbocycles. The molecule has 1 rings (SSSR count). The van der Waals surface area contributed by atoms with Crippen molar-refractivity contribution in [2.75, 3.05) is 0 Å². The Kier molecular flexibility index (Phi) is 8.43. The van der Waals surface area contributed by atoms with Gasteiger partial charge in [-0.2, -0.15) is 0 Å². The number of allylic oxidation sites excluding steroid dienone is 6. The Hall–Kier alpha value is -0.417. The Morgan fingerprint density at radius 2 is 1.76 bits per heavy atom. The van der Waals surface area contributed by atoms with Crippen LogP contribution in [0.25, 0.3) is 0 Å². The summed E-state index contributed by atoms with van der Waals surface area (Å²) in [5.41, 5.74) is 5.57. The fourth-order valence-corrected chi connectivity index (χ4v) is 2.18. The van der Waals surface area contributed by atoms with Crippen molar-refractivity contribution < 1.29 is 19.5 Å². The van der Waals surface area contributed by atoms with Crippen molar-refractivity contribution in [2.45, 2.75) is 52.4 Å². The molecule has 0 aromatic rings. The van der Waals surface area contributed by atoms with E-state index in [1.807, 2.05) is 0 Å². The average molecular weight is 317 g/mol. The van der Waals surface area contributed by atoms with Crippen LogP contribution in [0, 0.1) is 0 Å². The molecule has 0 radical (unpaired) electrons. The first kappa shape index (κ1) is 16.6. The van der Waals surface area contributed by atoms with E-state index >= 15 is 0 Å². The largest absolute Gasteiger partial charge is 0.0998 e. The van der Waals surface area contributed by atoms with Crippen LogP contribution in [-0.2, 0) is 19.5 Å². The van der Waals surface area contributed by atoms with E-state index in [-0.39, 0.29) is 19.5 Å². The van der Waals surface area contributed by atoms with Gasteiger partial charge in [0.2, 0.25) is 0 Å². The molecule has 0 saturated heterocycles. The third-order valence-corrected chi connectivity index (χ3v) is 2.88. The molecule has 0 nitrogen and oxygen atoms in total. The molecule has 0 bridgehead atoms. The van der Waals surface area contributed by atoms with Crippen LogP contribution >= 0.6 is 0 Å². The van der Waals surface area contributed by atoms with Crippen LogP contribution in [0.1, 0.15) is 52.4 Å². The van der Waals surface area contributed by atoms with Crippen molar-refractivity contribution >= 4 is 0 Å². The van der Waals surface area contributed by atoms with Crippen molar-refractivity contribution in [1.29, 1.82) is 0 Å². The summed E-state index contributed by atoms with van der Waals surface area (Å²) in [4.78, 5) is 0. The van der Waals surface area contributed by atoms with Crippen molar-refractivity contribution in [2.24, 2.45) is 0 Å². The predicted octanol–water partition coefficient (Wildman–Crippen LogP) is 5.34. The zero-order valence-electron chi connectivity index (χ0n) is 11.2. The Morgan fingerprint density at radius 1 is 1.12 bits per heavy atom. The second-order valence-electron chi connectivity index (χ2n) is 5.04. The van der Waals surface area contributed by atoms with E-state index in [2.05, 4.69) is 39.2 Å². The monoisotopic (exact) mass is 318 g/mol. The molecule has 17 heavy (non-hydrogen) atoms. The second kappa shape index (κ2) is 8.64. The van der Waals surface area contributed by atoms with Crippen molar-refractivity contribution in [3.8, 4) is 0 Å². The molecule has 0 N–H and O–H groups in total. The molecule has 0 fully saturated rings. The molecule has 96 valence electrons. The fourth-order valence-electron chi connectivity index (χ4n) is 2.18. The van der Waals surface area contributed by atoms with Gasteiger partial charge in [0.15, 0.2) is 0 Å². The van der Waals surface area contributed by atoms with Crippen molar-refractivity contribution in [3.05, 3.63) is 47.6 Å². The van der Waals surface area contributed by atoms with Crippen LogP contribution in [0.5, 0.6) is 0 Å². The SMILES string of the molecule is C=C(C)CC1=C(CC(=C)C)CCCCC=C1.[Ru]. The van der Waals surface area contributed by atoms with Gasteiger partial charge in [-0.15, -0.1) is 0 Å². The molecule has 0 aromatic carbocycles. The normalized spacial score (nSPS) is 15.9. The van der Waals surface area contributed by atoms with E-state index < -0.39 is 0 Å². The molecular weight excluding hydrogens is 293 g/mol. The van der Waals surface area contributed by atoms with Crippen LogP contribution in [0.3, 0.4) is 0 Å². The topological polar surface area (TPSA) is 0 Å². The summed E-state index contributed by atoms with van der Waals surface area (Å²) in [6.07, 6.45) is 11.8. The molecule has 1 heteroatoms. The van der Waals surface area contributed by atoms with Gasteiger partial charge in [-0.25, -0.2) is 0 Å². The Balaban J connectivity index is 0.00000256. The summed E-state index contributed by atoms with van der Waals surface area (Å²) in [5, 5.41) is 0. The summed E-state index contributed by atoms with van der Waals surface area (Å²) in [5.74, 6) is 0. The fraction of sp³-hybridized carbons (Fsp3) is 0.500. The van der Waals surface area contributed by atoms with Crippen LogP contribution in [0.2, 0.25) is 0 Å². The maximum absolute atomic E-state index is 4.04. The predicted molar refractivity (Wildman–Crippen MR) is 73.5 cm³/mol. The van der Waals surface area contributed by atoms with E-state index in [0.29, 0.717) is 0 Å². The molecule has 0 amide bonds. The van der Waals surface area contributed by atoms with Gasteiger partial charge in [0, 0.05) is 19.5 Å². The average Bonchev–Trinajstić information content (AvgIpc) is 2.15. The van der Waals surface area contributed by atoms with Crippen molar-refractivity contribution in [3.63, 3.8) is 0 Å². The minimum atomic E-state index is 0. The third-order valence-electron chi connectivity index (χ3n) is 2.88. The van der Waals surface area contributed by atoms with Crippen LogP contribution in [-0.4, -0.2) is 0 Å². The maximum atomic E-state index is 4.04. The molecular formula is C16H24Ru. The van der Waals surface area contributed by atoms with Gasteiger partial charge >= 0.3 is 0 Å². The number of hydrogen-bond donors (Lipinski definition) is 0. The molecule has 0 atom stereocenters. The molecule has 0 aliphatic heterocycles. The molecule has 0 spiro atoms. The maximum Gasteiger partial charge on any atom is 0 e. The van der Waals surface area contributed by atoms with E-state index in [9.17, 15) is 0 Å². The van der Waals surface area contributed by atoms with Crippen LogP contribution in [0.4, 0.5) is 0 Å². The van der Waals surface area contributed by atoms with Gasteiger partial charge in [0.05, 0.1) is 0 Å². The minimum absolute atomic E-state index is 0. The molecule has 0 heterocycles. The first-order valence-corrected chi connectivity index (χ1v) is 6.26. The van der Waals surface area contributed by atoms with Crippen LogP contribution < -0.4 is 0 Å². The summed E-state index contributed by atoms with van der Waals surface area (Å²) in [6.45, 7) is 12.3. The van der Waals surface area contributed by atoms with Gasteiger partial charge in [-0.3, -0.25) is 0 Å². The van der Waals surface area contributed by atoms with E-state index in [1.165, 1.54) is 42.4 Å². The van der Waals surface area contributed by atoms with E-state index in [4.69, 9.17) is 0 Å². The second-order valence-corrected chi connectivity index (χ2v) is 5.04. The number of rotatable bonds is 4. The zero-order chi connectivity index (χ0) is 12.0. The summed E-state index contributed by atoms with van der Waals surface area (Å²) >= 11 is 0. The van der Waals surface area contributed by atoms with Gasteiger partial charge in [0.25, 0.3) is 0 Å². The third kappa shape index (κ3) is 6.79. The van der Waals surface area contributed by atoms with E-state index in [1.54, 1.807) is 5.57 Å². The Bertz CT molecular complexity index is 331. The standard InChI is InChI=1S/C16H24.Ru/c1-13(2)11-15-9-7-5-6-8-10-16(15)12-14(3)4;/h7,9H,1,3,5-6,8,10-12H2,2,4H3;. The molecule has 1 aliphatic rings. The summed E-state index contributed by atoms with van der Waals surface area (Å²) in [6, 6.07) is 0. The molecule has 0 aromatic heterocycles. The van der Waals surface area contributed by atoms with Crippen LogP contribution in [0.15, 0.2) is 47.6 Å². The first-order chi connectivity index (χ1) is 7.59. The quantitative estimate of drug-likeness (QED) is 0.485. The van der Waals surface area contributed by atoms with Gasteiger partial charge in [0.1, 0.15) is 0 Å². The minimum Gasteiger partial charge on any atom is -0.0998 e. The smallest absolute Gasteiger partial charge is 0 e. The summed E-state index contributed by atoms with van der Waals surface area (Å²) < 4.78 is 0. The van der Waals surface area contributed by atoms with E-state index in [0.717, 1.165) is 12.8 Å². The Morgan fingerprint density at radius 3 is 2.35 bits per heavy atom. The number of hydrogen-bond acceptors (Lipinski definition) is 0. The van der Waals surface area contributed by atoms with Gasteiger partial charge < -0.3 is 0 Å². The first-order valence-electron chi connectivity index (χ1n) is 6.26. The molecule has 0 unspecified atom stereocenters.